The molecule has 0 N–H and O–H groups in total. The standard InChI is InChI=1S/C8H8ClFO/c1-11-8-3-2-7(9)4-6(8)5-10/h2-4H,5H2,1H3. The molecule has 0 saturated heterocycles. The smallest absolute Gasteiger partial charge is 0.124 e. The van der Waals surface area contributed by atoms with Crippen molar-refractivity contribution in [1.29, 1.82) is 0 Å². The number of rotatable bonds is 2. The Balaban J connectivity index is 3.06. The number of alkyl halides is 1. The molecule has 11 heavy (non-hydrogen) atoms. The van der Waals surface area contributed by atoms with E-state index in [9.17, 15) is 4.39 Å². The maximum Gasteiger partial charge on any atom is 0.124 e. The molecular formula is C8H8ClFO. The van der Waals surface area contributed by atoms with Gasteiger partial charge in [0, 0.05) is 10.6 Å². The van der Waals surface area contributed by atoms with Gasteiger partial charge in [0.2, 0.25) is 0 Å². The summed E-state index contributed by atoms with van der Waals surface area (Å²) >= 11 is 5.63. The molecule has 0 unspecified atom stereocenters. The Bertz CT molecular complexity index is 250. The predicted octanol–water partition coefficient (Wildman–Crippen LogP) is 2.82. The second-order valence-corrected chi connectivity index (χ2v) is 2.53. The first-order chi connectivity index (χ1) is 5.27. The molecule has 0 aliphatic heterocycles. The summed E-state index contributed by atoms with van der Waals surface area (Å²) in [5.41, 5.74) is 0.486. The lowest BCUT2D eigenvalue weighted by atomic mass is 10.2. The van der Waals surface area contributed by atoms with E-state index in [4.69, 9.17) is 16.3 Å². The summed E-state index contributed by atoms with van der Waals surface area (Å²) < 4.78 is 17.1. The number of benzene rings is 1. The summed E-state index contributed by atoms with van der Waals surface area (Å²) in [7, 11) is 1.50. The molecule has 3 heteroatoms. The number of hydrogen-bond acceptors (Lipinski definition) is 1. The van der Waals surface area contributed by atoms with Crippen molar-refractivity contribution in [2.24, 2.45) is 0 Å². The van der Waals surface area contributed by atoms with Crippen LogP contribution in [0.15, 0.2) is 18.2 Å². The molecule has 1 nitrogen and oxygen atoms in total. The molecule has 1 aromatic rings. The van der Waals surface area contributed by atoms with Crippen LogP contribution in [0.25, 0.3) is 0 Å². The number of hydrogen-bond donors (Lipinski definition) is 0. The lowest BCUT2D eigenvalue weighted by Gasteiger charge is -2.04. The maximum absolute atomic E-state index is 12.2. The Labute approximate surface area is 69.7 Å². The number of methoxy groups -OCH3 is 1. The zero-order valence-electron chi connectivity index (χ0n) is 6.10. The van der Waals surface area contributed by atoms with Crippen LogP contribution in [0.4, 0.5) is 4.39 Å². The van der Waals surface area contributed by atoms with E-state index in [1.807, 2.05) is 0 Å². The van der Waals surface area contributed by atoms with Gasteiger partial charge in [-0.25, -0.2) is 4.39 Å². The first-order valence-electron chi connectivity index (χ1n) is 3.16. The van der Waals surface area contributed by atoms with Gasteiger partial charge in [0.1, 0.15) is 12.4 Å². The molecule has 1 aromatic carbocycles. The van der Waals surface area contributed by atoms with Gasteiger partial charge in [0.15, 0.2) is 0 Å². The van der Waals surface area contributed by atoms with Crippen LogP contribution in [0.5, 0.6) is 5.75 Å². The fourth-order valence-electron chi connectivity index (χ4n) is 0.852. The quantitative estimate of drug-likeness (QED) is 0.670. The summed E-state index contributed by atoms with van der Waals surface area (Å²) in [6, 6.07) is 4.87. The van der Waals surface area contributed by atoms with E-state index in [0.717, 1.165) is 0 Å². The Kier molecular flexibility index (Phi) is 2.71. The molecule has 60 valence electrons. The topological polar surface area (TPSA) is 9.23 Å². The van der Waals surface area contributed by atoms with Crippen LogP contribution in [-0.2, 0) is 6.67 Å². The first kappa shape index (κ1) is 8.34. The van der Waals surface area contributed by atoms with E-state index >= 15 is 0 Å². The Hall–Kier alpha value is -0.760. The summed E-state index contributed by atoms with van der Waals surface area (Å²) in [5.74, 6) is 0.539. The zero-order valence-corrected chi connectivity index (χ0v) is 6.86. The Morgan fingerprint density at radius 1 is 1.55 bits per heavy atom. The number of ether oxygens (including phenoxy) is 1. The molecule has 0 fully saturated rings. The van der Waals surface area contributed by atoms with Gasteiger partial charge in [-0.1, -0.05) is 11.6 Å². The van der Waals surface area contributed by atoms with E-state index < -0.39 is 6.67 Å². The van der Waals surface area contributed by atoms with Crippen LogP contribution < -0.4 is 4.74 Å². The van der Waals surface area contributed by atoms with Crippen LogP contribution in [0.3, 0.4) is 0 Å². The van der Waals surface area contributed by atoms with E-state index in [0.29, 0.717) is 16.3 Å². The van der Waals surface area contributed by atoms with Gasteiger partial charge in [0.25, 0.3) is 0 Å². The van der Waals surface area contributed by atoms with Gasteiger partial charge < -0.3 is 4.74 Å². The normalized spacial score (nSPS) is 9.73. The predicted molar refractivity (Wildman–Crippen MR) is 42.8 cm³/mol. The van der Waals surface area contributed by atoms with Crippen molar-refractivity contribution in [2.45, 2.75) is 6.67 Å². The third-order valence-electron chi connectivity index (χ3n) is 1.39. The van der Waals surface area contributed by atoms with Gasteiger partial charge >= 0.3 is 0 Å². The minimum Gasteiger partial charge on any atom is -0.496 e. The maximum atomic E-state index is 12.2. The van der Waals surface area contributed by atoms with Crippen molar-refractivity contribution in [1.82, 2.24) is 0 Å². The van der Waals surface area contributed by atoms with Crippen molar-refractivity contribution in [2.75, 3.05) is 7.11 Å². The highest BCUT2D eigenvalue weighted by Crippen LogP contribution is 2.22. The van der Waals surface area contributed by atoms with Crippen molar-refractivity contribution in [3.63, 3.8) is 0 Å². The summed E-state index contributed by atoms with van der Waals surface area (Å²) in [4.78, 5) is 0. The second kappa shape index (κ2) is 3.58. The minimum atomic E-state index is -0.552. The summed E-state index contributed by atoms with van der Waals surface area (Å²) in [5, 5.41) is 0.526. The lowest BCUT2D eigenvalue weighted by Crippen LogP contribution is -1.88. The zero-order chi connectivity index (χ0) is 8.27. The van der Waals surface area contributed by atoms with Crippen molar-refractivity contribution in [3.05, 3.63) is 28.8 Å². The van der Waals surface area contributed by atoms with Crippen molar-refractivity contribution in [3.8, 4) is 5.75 Å². The average Bonchev–Trinajstić information content (AvgIpc) is 2.04. The fourth-order valence-corrected chi connectivity index (χ4v) is 1.05. The van der Waals surface area contributed by atoms with Gasteiger partial charge in [-0.3, -0.25) is 0 Å². The molecule has 0 aromatic heterocycles. The molecule has 0 saturated carbocycles. The first-order valence-corrected chi connectivity index (χ1v) is 3.54. The van der Waals surface area contributed by atoms with Crippen molar-refractivity contribution < 1.29 is 9.13 Å². The average molecular weight is 175 g/mol. The van der Waals surface area contributed by atoms with Crippen LogP contribution in [0.1, 0.15) is 5.56 Å². The molecule has 0 aliphatic carbocycles. The highest BCUT2D eigenvalue weighted by atomic mass is 35.5. The Morgan fingerprint density at radius 2 is 2.27 bits per heavy atom. The highest BCUT2D eigenvalue weighted by Gasteiger charge is 2.01. The van der Waals surface area contributed by atoms with Gasteiger partial charge in [0.05, 0.1) is 7.11 Å². The largest absolute Gasteiger partial charge is 0.496 e. The van der Waals surface area contributed by atoms with E-state index in [2.05, 4.69) is 0 Å². The van der Waals surface area contributed by atoms with Gasteiger partial charge in [-0.05, 0) is 18.2 Å². The summed E-state index contributed by atoms with van der Waals surface area (Å²) in [6.45, 7) is -0.552. The van der Waals surface area contributed by atoms with Gasteiger partial charge in [-0.2, -0.15) is 0 Å². The SMILES string of the molecule is COc1ccc(Cl)cc1CF. The molecule has 0 amide bonds. The summed E-state index contributed by atoms with van der Waals surface area (Å²) in [6.07, 6.45) is 0. The fraction of sp³-hybridized carbons (Fsp3) is 0.250. The molecule has 0 heterocycles. The lowest BCUT2D eigenvalue weighted by molar-refractivity contribution is 0.394. The number of halogens is 2. The van der Waals surface area contributed by atoms with Crippen LogP contribution in [0.2, 0.25) is 5.02 Å². The molecule has 0 bridgehead atoms. The molecule has 1 rings (SSSR count). The monoisotopic (exact) mass is 174 g/mol. The second-order valence-electron chi connectivity index (χ2n) is 2.09. The van der Waals surface area contributed by atoms with Crippen molar-refractivity contribution >= 4 is 11.6 Å². The van der Waals surface area contributed by atoms with E-state index in [1.54, 1.807) is 18.2 Å². The van der Waals surface area contributed by atoms with Crippen LogP contribution in [-0.4, -0.2) is 7.11 Å². The van der Waals surface area contributed by atoms with Crippen LogP contribution >= 0.6 is 11.6 Å². The van der Waals surface area contributed by atoms with E-state index in [-0.39, 0.29) is 0 Å². The van der Waals surface area contributed by atoms with Gasteiger partial charge in [-0.15, -0.1) is 0 Å². The highest BCUT2D eigenvalue weighted by molar-refractivity contribution is 6.30. The van der Waals surface area contributed by atoms with Crippen LogP contribution in [0, 0.1) is 0 Å². The molecule has 0 spiro atoms. The molecular weight excluding hydrogens is 167 g/mol. The van der Waals surface area contributed by atoms with E-state index in [1.165, 1.54) is 7.11 Å². The molecule has 0 atom stereocenters. The third-order valence-corrected chi connectivity index (χ3v) is 1.62. The third kappa shape index (κ3) is 1.84. The minimum absolute atomic E-state index is 0.486. The molecule has 0 aliphatic rings. The Morgan fingerprint density at radius 3 is 2.82 bits per heavy atom. The molecule has 0 radical (unpaired) electrons.